The molecule has 1 aromatic carbocycles. The third kappa shape index (κ3) is 3.73. The highest BCUT2D eigenvalue weighted by Gasteiger charge is 2.36. The number of aryl methyl sites for hydroxylation is 1. The molecule has 1 aliphatic heterocycles. The smallest absolute Gasteiger partial charge is 0.273 e. The van der Waals surface area contributed by atoms with Gasteiger partial charge in [-0.05, 0) is 43.4 Å². The molecule has 25 heavy (non-hydrogen) atoms. The fourth-order valence-electron chi connectivity index (χ4n) is 3.27. The third-order valence-corrected chi connectivity index (χ3v) is 6.27. The highest BCUT2D eigenvalue weighted by atomic mass is 35.5. The van der Waals surface area contributed by atoms with Crippen molar-refractivity contribution >= 4 is 28.8 Å². The van der Waals surface area contributed by atoms with Gasteiger partial charge in [0.05, 0.1) is 10.6 Å². The first-order valence-electron chi connectivity index (χ1n) is 8.55. The Hall–Kier alpha value is -1.43. The molecule has 1 amide bonds. The molecule has 2 heterocycles. The van der Waals surface area contributed by atoms with E-state index in [0.717, 1.165) is 15.4 Å². The van der Waals surface area contributed by atoms with Gasteiger partial charge in [-0.2, -0.15) is 0 Å². The van der Waals surface area contributed by atoms with E-state index in [4.69, 9.17) is 11.6 Å². The summed E-state index contributed by atoms with van der Waals surface area (Å²) in [6, 6.07) is 7.31. The molecule has 0 aliphatic carbocycles. The van der Waals surface area contributed by atoms with Crippen molar-refractivity contribution in [3.63, 3.8) is 0 Å². The zero-order valence-electron chi connectivity index (χ0n) is 14.8. The van der Waals surface area contributed by atoms with E-state index >= 15 is 0 Å². The number of hydrogen-bond donors (Lipinski definition) is 1. The zero-order valence-corrected chi connectivity index (χ0v) is 16.3. The van der Waals surface area contributed by atoms with Gasteiger partial charge >= 0.3 is 0 Å². The molecule has 134 valence electrons. The second-order valence-corrected chi connectivity index (χ2v) is 8.60. The van der Waals surface area contributed by atoms with E-state index < -0.39 is 5.60 Å². The predicted octanol–water partition coefficient (Wildman–Crippen LogP) is 4.35. The van der Waals surface area contributed by atoms with Crippen molar-refractivity contribution in [2.75, 3.05) is 13.1 Å². The topological polar surface area (TPSA) is 53.4 Å². The van der Waals surface area contributed by atoms with Crippen LogP contribution >= 0.6 is 22.9 Å². The van der Waals surface area contributed by atoms with Crippen LogP contribution in [0.5, 0.6) is 0 Å². The maximum atomic E-state index is 12.9. The predicted molar refractivity (Wildman–Crippen MR) is 101 cm³/mol. The normalized spacial score (nSPS) is 17.1. The molecule has 1 aliphatic rings. The molecule has 0 atom stereocenters. The Bertz CT molecular complexity index is 762. The van der Waals surface area contributed by atoms with E-state index in [1.807, 2.05) is 24.0 Å². The fraction of sp³-hybridized carbons (Fsp3) is 0.474. The number of hydrogen-bond acceptors (Lipinski definition) is 4. The summed E-state index contributed by atoms with van der Waals surface area (Å²) >= 11 is 7.52. The maximum Gasteiger partial charge on any atom is 0.273 e. The number of amides is 1. The zero-order chi connectivity index (χ0) is 18.2. The minimum Gasteiger partial charge on any atom is -0.385 e. The number of thiazole rings is 1. The molecule has 0 radical (unpaired) electrons. The molecule has 1 N–H and O–H groups in total. The van der Waals surface area contributed by atoms with Crippen molar-refractivity contribution in [3.8, 4) is 0 Å². The van der Waals surface area contributed by atoms with Crippen molar-refractivity contribution in [1.29, 1.82) is 0 Å². The molecular weight excluding hydrogens is 356 g/mol. The third-order valence-electron chi connectivity index (χ3n) is 4.75. The summed E-state index contributed by atoms with van der Waals surface area (Å²) in [4.78, 5) is 20.2. The van der Waals surface area contributed by atoms with E-state index in [0.29, 0.717) is 36.6 Å². The second-order valence-electron chi connectivity index (χ2n) is 6.93. The highest BCUT2D eigenvalue weighted by Crippen LogP contribution is 2.35. The van der Waals surface area contributed by atoms with Crippen LogP contribution in [0.2, 0.25) is 5.02 Å². The summed E-state index contributed by atoms with van der Waals surface area (Å²) in [6.45, 7) is 7.14. The van der Waals surface area contributed by atoms with Crippen LogP contribution in [0.1, 0.15) is 58.5 Å². The average Bonchev–Trinajstić information content (AvgIpc) is 2.97. The largest absolute Gasteiger partial charge is 0.385 e. The van der Waals surface area contributed by atoms with Crippen LogP contribution in [0.15, 0.2) is 24.3 Å². The fourth-order valence-corrected chi connectivity index (χ4v) is 4.31. The Morgan fingerprint density at radius 3 is 2.44 bits per heavy atom. The van der Waals surface area contributed by atoms with E-state index in [9.17, 15) is 9.90 Å². The van der Waals surface area contributed by atoms with Crippen molar-refractivity contribution in [3.05, 3.63) is 50.4 Å². The Kier molecular flexibility index (Phi) is 5.19. The van der Waals surface area contributed by atoms with Crippen molar-refractivity contribution in [2.24, 2.45) is 0 Å². The maximum absolute atomic E-state index is 12.9. The molecule has 4 nitrogen and oxygen atoms in total. The first-order valence-corrected chi connectivity index (χ1v) is 9.74. The number of rotatable bonds is 3. The number of benzene rings is 1. The number of piperidine rings is 1. The molecule has 6 heteroatoms. The molecule has 0 saturated carbocycles. The van der Waals surface area contributed by atoms with Gasteiger partial charge < -0.3 is 10.0 Å². The second kappa shape index (κ2) is 7.06. The Morgan fingerprint density at radius 2 is 1.88 bits per heavy atom. The van der Waals surface area contributed by atoms with Gasteiger partial charge in [0.2, 0.25) is 0 Å². The number of carbonyl (C=O) groups excluding carboxylic acids is 1. The van der Waals surface area contributed by atoms with Crippen molar-refractivity contribution in [2.45, 2.75) is 45.1 Å². The van der Waals surface area contributed by atoms with Crippen molar-refractivity contribution in [1.82, 2.24) is 9.88 Å². The lowest BCUT2D eigenvalue weighted by atomic mass is 9.84. The molecule has 1 aromatic heterocycles. The number of aromatic nitrogens is 1. The number of nitrogens with zero attached hydrogens (tertiary/aromatic N) is 2. The summed E-state index contributed by atoms with van der Waals surface area (Å²) in [5.41, 5.74) is 0.533. The number of likely N-dealkylation sites (tertiary alicyclic amines) is 1. The van der Waals surface area contributed by atoms with Gasteiger partial charge in [0.15, 0.2) is 0 Å². The SMILES string of the molecule is Cc1nc(C(=O)N2CCC(O)(c3ccc(Cl)cc3)CC2)c(C(C)C)s1. The highest BCUT2D eigenvalue weighted by molar-refractivity contribution is 7.12. The Morgan fingerprint density at radius 1 is 1.28 bits per heavy atom. The van der Waals surface area contributed by atoms with Gasteiger partial charge in [-0.25, -0.2) is 4.98 Å². The first-order chi connectivity index (χ1) is 11.8. The molecule has 0 spiro atoms. The number of halogens is 1. The lowest BCUT2D eigenvalue weighted by molar-refractivity contribution is -0.0212. The molecule has 1 saturated heterocycles. The molecule has 3 rings (SSSR count). The van der Waals surface area contributed by atoms with Gasteiger partial charge in [0.1, 0.15) is 5.69 Å². The molecule has 1 fully saturated rings. The lowest BCUT2D eigenvalue weighted by Gasteiger charge is -2.38. The summed E-state index contributed by atoms with van der Waals surface area (Å²) < 4.78 is 0. The van der Waals surface area contributed by atoms with Crippen LogP contribution in [0.4, 0.5) is 0 Å². The minimum absolute atomic E-state index is 0.0220. The van der Waals surface area contributed by atoms with Crippen LogP contribution < -0.4 is 0 Å². The van der Waals surface area contributed by atoms with Gasteiger partial charge in [-0.15, -0.1) is 11.3 Å². The Labute approximate surface area is 157 Å². The van der Waals surface area contributed by atoms with E-state index in [-0.39, 0.29) is 11.8 Å². The Balaban J connectivity index is 1.74. The first kappa shape index (κ1) is 18.4. The minimum atomic E-state index is -0.903. The van der Waals surface area contributed by atoms with Crippen LogP contribution in [0.25, 0.3) is 0 Å². The van der Waals surface area contributed by atoms with Gasteiger partial charge in [-0.1, -0.05) is 37.6 Å². The van der Waals surface area contributed by atoms with Crippen LogP contribution in [-0.4, -0.2) is 34.0 Å². The quantitative estimate of drug-likeness (QED) is 0.863. The molecule has 0 unspecified atom stereocenters. The van der Waals surface area contributed by atoms with Gasteiger partial charge in [0.25, 0.3) is 5.91 Å². The average molecular weight is 379 g/mol. The van der Waals surface area contributed by atoms with E-state index in [1.165, 1.54) is 0 Å². The van der Waals surface area contributed by atoms with Crippen LogP contribution in [0.3, 0.4) is 0 Å². The summed E-state index contributed by atoms with van der Waals surface area (Å²) in [6.07, 6.45) is 1.03. The lowest BCUT2D eigenvalue weighted by Crippen LogP contribution is -2.45. The van der Waals surface area contributed by atoms with Gasteiger partial charge in [0, 0.05) is 23.0 Å². The van der Waals surface area contributed by atoms with Crippen molar-refractivity contribution < 1.29 is 9.90 Å². The molecular formula is C19H23ClN2O2S. The van der Waals surface area contributed by atoms with Crippen LogP contribution in [-0.2, 0) is 5.60 Å². The van der Waals surface area contributed by atoms with E-state index in [1.54, 1.807) is 23.5 Å². The summed E-state index contributed by atoms with van der Waals surface area (Å²) in [5.74, 6) is 0.257. The van der Waals surface area contributed by atoms with Gasteiger partial charge in [-0.3, -0.25) is 4.79 Å². The number of aliphatic hydroxyl groups is 1. The van der Waals surface area contributed by atoms with E-state index in [2.05, 4.69) is 18.8 Å². The molecule has 2 aromatic rings. The standard InChI is InChI=1S/C19H23ClN2O2S/c1-12(2)17-16(21-13(3)25-17)18(23)22-10-8-19(24,9-11-22)14-4-6-15(20)7-5-14/h4-7,12,24H,8-11H2,1-3H3. The monoisotopic (exact) mass is 378 g/mol. The molecule has 0 bridgehead atoms. The summed E-state index contributed by atoms with van der Waals surface area (Å²) in [7, 11) is 0. The number of carbonyl (C=O) groups is 1. The van der Waals surface area contributed by atoms with Crippen LogP contribution in [0, 0.1) is 6.92 Å². The summed E-state index contributed by atoms with van der Waals surface area (Å²) in [5, 5.41) is 12.5.